The van der Waals surface area contributed by atoms with Gasteiger partial charge in [0, 0.05) is 23.7 Å². The van der Waals surface area contributed by atoms with Gasteiger partial charge in [0.05, 0.1) is 17.7 Å². The number of hydrogen-bond acceptors (Lipinski definition) is 5. The van der Waals surface area contributed by atoms with Crippen LogP contribution in [-0.2, 0) is 14.3 Å². The standard InChI is InChI=1S/C22H20ClNO5/c23-15-8-6-13(7-9-15)20(26)18-19(14-3-1-4-16(25)11-14)24(22(28)21(18)27)12-17-5-2-10-29-17/h1,3-4,6-9,11,17,19,25-26H,2,5,10,12H2/b20-18+/t17-,19-/m0/s1. The summed E-state index contributed by atoms with van der Waals surface area (Å²) in [4.78, 5) is 27.2. The van der Waals surface area contributed by atoms with Gasteiger partial charge in [-0.05, 0) is 54.8 Å². The van der Waals surface area contributed by atoms with Crippen molar-refractivity contribution in [3.63, 3.8) is 0 Å². The molecule has 2 fully saturated rings. The number of halogens is 1. The molecule has 29 heavy (non-hydrogen) atoms. The minimum absolute atomic E-state index is 0.0108. The summed E-state index contributed by atoms with van der Waals surface area (Å²) in [6, 6.07) is 11.9. The highest BCUT2D eigenvalue weighted by Crippen LogP contribution is 2.40. The van der Waals surface area contributed by atoms with E-state index in [1.165, 1.54) is 17.0 Å². The number of Topliss-reactive ketones (excluding diaryl/α,β-unsaturated/α-hetero) is 1. The van der Waals surface area contributed by atoms with Crippen molar-refractivity contribution in [2.75, 3.05) is 13.2 Å². The molecule has 2 aromatic rings. The number of ketones is 1. The zero-order valence-electron chi connectivity index (χ0n) is 15.5. The van der Waals surface area contributed by atoms with Crippen molar-refractivity contribution in [2.24, 2.45) is 0 Å². The second-order valence-corrected chi connectivity index (χ2v) is 7.62. The Hall–Kier alpha value is -2.83. The number of amides is 1. The zero-order chi connectivity index (χ0) is 20.5. The fourth-order valence-corrected chi connectivity index (χ4v) is 4.01. The number of rotatable bonds is 4. The van der Waals surface area contributed by atoms with Crippen molar-refractivity contribution in [3.05, 3.63) is 70.3 Å². The van der Waals surface area contributed by atoms with Crippen LogP contribution in [0.3, 0.4) is 0 Å². The van der Waals surface area contributed by atoms with E-state index in [1.807, 2.05) is 0 Å². The average Bonchev–Trinajstić information content (AvgIpc) is 3.30. The van der Waals surface area contributed by atoms with Gasteiger partial charge in [-0.2, -0.15) is 0 Å². The molecule has 150 valence electrons. The second-order valence-electron chi connectivity index (χ2n) is 7.19. The lowest BCUT2D eigenvalue weighted by Crippen LogP contribution is -2.36. The molecule has 2 atom stereocenters. The molecule has 2 aliphatic heterocycles. The highest BCUT2D eigenvalue weighted by atomic mass is 35.5. The van der Waals surface area contributed by atoms with Gasteiger partial charge in [0.2, 0.25) is 0 Å². The van der Waals surface area contributed by atoms with Crippen LogP contribution in [0.15, 0.2) is 54.1 Å². The van der Waals surface area contributed by atoms with Crippen LogP contribution in [0.1, 0.15) is 30.0 Å². The minimum Gasteiger partial charge on any atom is -0.508 e. The molecule has 0 saturated carbocycles. The number of ether oxygens (including phenoxy) is 1. The quantitative estimate of drug-likeness (QED) is 0.454. The average molecular weight is 414 g/mol. The number of phenols is 1. The van der Waals surface area contributed by atoms with E-state index in [9.17, 15) is 19.8 Å². The van der Waals surface area contributed by atoms with Crippen LogP contribution < -0.4 is 0 Å². The normalized spacial score (nSPS) is 23.7. The Morgan fingerprint density at radius 2 is 1.93 bits per heavy atom. The number of carbonyl (C=O) groups excluding carboxylic acids is 2. The molecule has 2 aromatic carbocycles. The monoisotopic (exact) mass is 413 g/mol. The first-order valence-corrected chi connectivity index (χ1v) is 9.78. The Labute approximate surface area is 173 Å². The van der Waals surface area contributed by atoms with E-state index in [4.69, 9.17) is 16.3 Å². The highest BCUT2D eigenvalue weighted by molar-refractivity contribution is 6.46. The first-order valence-electron chi connectivity index (χ1n) is 9.40. The summed E-state index contributed by atoms with van der Waals surface area (Å²) in [6.45, 7) is 0.860. The molecule has 0 aliphatic carbocycles. The van der Waals surface area contributed by atoms with Crippen LogP contribution in [0.2, 0.25) is 5.02 Å². The van der Waals surface area contributed by atoms with Crippen molar-refractivity contribution < 1.29 is 24.5 Å². The van der Waals surface area contributed by atoms with E-state index >= 15 is 0 Å². The lowest BCUT2D eigenvalue weighted by atomic mass is 9.95. The predicted molar refractivity (Wildman–Crippen MR) is 108 cm³/mol. The first-order chi connectivity index (χ1) is 14.0. The van der Waals surface area contributed by atoms with Crippen molar-refractivity contribution in [1.82, 2.24) is 4.90 Å². The Morgan fingerprint density at radius 1 is 1.17 bits per heavy atom. The lowest BCUT2D eigenvalue weighted by molar-refractivity contribution is -0.140. The van der Waals surface area contributed by atoms with Gasteiger partial charge in [0.1, 0.15) is 11.5 Å². The van der Waals surface area contributed by atoms with Crippen LogP contribution >= 0.6 is 11.6 Å². The Kier molecular flexibility index (Phi) is 5.30. The molecule has 0 bridgehead atoms. The Bertz CT molecular complexity index is 979. The fourth-order valence-electron chi connectivity index (χ4n) is 3.88. The SMILES string of the molecule is O=C1C(=O)N(C[C@@H]2CCCO2)[C@@H](c2cccc(O)c2)/C1=C(\O)c1ccc(Cl)cc1. The van der Waals surface area contributed by atoms with E-state index < -0.39 is 17.7 Å². The van der Waals surface area contributed by atoms with Crippen LogP contribution in [0.4, 0.5) is 0 Å². The van der Waals surface area contributed by atoms with Gasteiger partial charge in [0.25, 0.3) is 11.7 Å². The summed E-state index contributed by atoms with van der Waals surface area (Å²) >= 11 is 5.92. The van der Waals surface area contributed by atoms with Crippen molar-refractivity contribution >= 4 is 29.1 Å². The van der Waals surface area contributed by atoms with Crippen LogP contribution in [0, 0.1) is 0 Å². The summed E-state index contributed by atoms with van der Waals surface area (Å²) in [5, 5.41) is 21.4. The molecule has 7 heteroatoms. The van der Waals surface area contributed by atoms with E-state index in [2.05, 4.69) is 0 Å². The van der Waals surface area contributed by atoms with Gasteiger partial charge in [-0.25, -0.2) is 0 Å². The van der Waals surface area contributed by atoms with E-state index in [0.29, 0.717) is 22.8 Å². The van der Waals surface area contributed by atoms with Gasteiger partial charge < -0.3 is 19.8 Å². The molecule has 2 heterocycles. The van der Waals surface area contributed by atoms with E-state index in [0.717, 1.165) is 12.8 Å². The second kappa shape index (κ2) is 7.89. The minimum atomic E-state index is -0.818. The molecule has 2 aliphatic rings. The maximum absolute atomic E-state index is 12.9. The molecule has 1 amide bonds. The van der Waals surface area contributed by atoms with Gasteiger partial charge in [-0.3, -0.25) is 9.59 Å². The molecular weight excluding hydrogens is 394 g/mol. The van der Waals surface area contributed by atoms with Crippen LogP contribution in [0.25, 0.3) is 5.76 Å². The lowest BCUT2D eigenvalue weighted by Gasteiger charge is -2.27. The maximum atomic E-state index is 12.9. The third kappa shape index (κ3) is 3.73. The largest absolute Gasteiger partial charge is 0.508 e. The molecular formula is C22H20ClNO5. The number of likely N-dealkylation sites (tertiary alicyclic amines) is 1. The smallest absolute Gasteiger partial charge is 0.295 e. The molecule has 0 aromatic heterocycles. The Balaban J connectivity index is 1.83. The van der Waals surface area contributed by atoms with Crippen LogP contribution in [-0.4, -0.2) is 46.1 Å². The van der Waals surface area contributed by atoms with Gasteiger partial charge >= 0.3 is 0 Å². The Morgan fingerprint density at radius 3 is 2.59 bits per heavy atom. The predicted octanol–water partition coefficient (Wildman–Crippen LogP) is 3.65. The van der Waals surface area contributed by atoms with Gasteiger partial charge in [-0.15, -0.1) is 0 Å². The van der Waals surface area contributed by atoms with Gasteiger partial charge in [-0.1, -0.05) is 23.7 Å². The summed E-state index contributed by atoms with van der Waals surface area (Å²) in [6.07, 6.45) is 1.53. The summed E-state index contributed by atoms with van der Waals surface area (Å²) in [7, 11) is 0. The van der Waals surface area contributed by atoms with E-state index in [1.54, 1.807) is 36.4 Å². The summed E-state index contributed by atoms with van der Waals surface area (Å²) < 4.78 is 5.65. The number of hydrogen-bond donors (Lipinski definition) is 2. The fraction of sp³-hybridized carbons (Fsp3) is 0.273. The topological polar surface area (TPSA) is 87.1 Å². The number of phenolic OH excluding ortho intramolecular Hbond substituents is 1. The summed E-state index contributed by atoms with van der Waals surface area (Å²) in [5.41, 5.74) is 0.910. The van der Waals surface area contributed by atoms with Gasteiger partial charge in [0.15, 0.2) is 0 Å². The van der Waals surface area contributed by atoms with Crippen molar-refractivity contribution in [1.29, 1.82) is 0 Å². The van der Waals surface area contributed by atoms with Crippen LogP contribution in [0.5, 0.6) is 5.75 Å². The number of benzene rings is 2. The highest BCUT2D eigenvalue weighted by Gasteiger charge is 2.47. The molecule has 6 nitrogen and oxygen atoms in total. The number of aromatic hydroxyl groups is 1. The molecule has 2 saturated heterocycles. The maximum Gasteiger partial charge on any atom is 0.295 e. The molecule has 4 rings (SSSR count). The number of carbonyl (C=O) groups is 2. The third-order valence-electron chi connectivity index (χ3n) is 5.27. The third-order valence-corrected chi connectivity index (χ3v) is 5.52. The van der Waals surface area contributed by atoms with E-state index in [-0.39, 0.29) is 29.7 Å². The summed E-state index contributed by atoms with van der Waals surface area (Å²) in [5.74, 6) is -1.71. The molecule has 0 spiro atoms. The first kappa shape index (κ1) is 19.5. The number of aliphatic hydroxyl groups is 1. The number of aliphatic hydroxyl groups excluding tert-OH is 1. The molecule has 0 unspecified atom stereocenters. The number of nitrogens with zero attached hydrogens (tertiary/aromatic N) is 1. The van der Waals surface area contributed by atoms with Crippen molar-refractivity contribution in [3.8, 4) is 5.75 Å². The molecule has 2 N–H and O–H groups in total. The van der Waals surface area contributed by atoms with Crippen molar-refractivity contribution in [2.45, 2.75) is 25.0 Å². The molecule has 0 radical (unpaired) electrons. The zero-order valence-corrected chi connectivity index (χ0v) is 16.3.